The molecule has 0 aliphatic carbocycles. The number of hydrogen-bond acceptors (Lipinski definition) is 4. The number of aliphatic carboxylic acids is 1. The van der Waals surface area contributed by atoms with Crippen LogP contribution in [0.3, 0.4) is 0 Å². The first kappa shape index (κ1) is 17.4. The quantitative estimate of drug-likeness (QED) is 0.711. The van der Waals surface area contributed by atoms with E-state index in [0.717, 1.165) is 39.0 Å². The normalized spacial score (nSPS) is 20.3. The SMILES string of the molecule is CC(C)NC(C)(CCCN(C)C1CCOCC1)C(=O)O. The van der Waals surface area contributed by atoms with Crippen molar-refractivity contribution in [2.24, 2.45) is 0 Å². The molecule has 0 bridgehead atoms. The van der Waals surface area contributed by atoms with Gasteiger partial charge in [-0.1, -0.05) is 0 Å². The Kier molecular flexibility index (Phi) is 6.92. The van der Waals surface area contributed by atoms with Crippen LogP contribution in [0.5, 0.6) is 0 Å². The molecule has 0 radical (unpaired) electrons. The number of nitrogens with one attached hydrogen (secondary N) is 1. The van der Waals surface area contributed by atoms with E-state index in [1.807, 2.05) is 13.8 Å². The summed E-state index contributed by atoms with van der Waals surface area (Å²) in [6, 6.07) is 0.752. The summed E-state index contributed by atoms with van der Waals surface area (Å²) in [5.41, 5.74) is -0.829. The van der Waals surface area contributed by atoms with Crippen LogP contribution in [0.1, 0.15) is 46.5 Å². The maximum absolute atomic E-state index is 11.4. The summed E-state index contributed by atoms with van der Waals surface area (Å²) in [5, 5.41) is 12.6. The molecule has 0 saturated carbocycles. The molecule has 1 aliphatic heterocycles. The Morgan fingerprint density at radius 3 is 2.55 bits per heavy atom. The molecule has 20 heavy (non-hydrogen) atoms. The first-order valence-corrected chi connectivity index (χ1v) is 7.64. The molecule has 2 N–H and O–H groups in total. The zero-order valence-corrected chi connectivity index (χ0v) is 13.3. The van der Waals surface area contributed by atoms with Gasteiger partial charge >= 0.3 is 5.97 Å². The van der Waals surface area contributed by atoms with Crippen LogP contribution < -0.4 is 5.32 Å². The molecular weight excluding hydrogens is 256 g/mol. The van der Waals surface area contributed by atoms with Gasteiger partial charge in [0.2, 0.25) is 0 Å². The van der Waals surface area contributed by atoms with Crippen molar-refractivity contribution in [2.45, 2.75) is 64.1 Å². The van der Waals surface area contributed by atoms with Gasteiger partial charge in [0.15, 0.2) is 0 Å². The first-order valence-electron chi connectivity index (χ1n) is 7.64. The van der Waals surface area contributed by atoms with Crippen LogP contribution in [0.2, 0.25) is 0 Å². The summed E-state index contributed by atoms with van der Waals surface area (Å²) in [5.74, 6) is -0.764. The van der Waals surface area contributed by atoms with Crippen molar-refractivity contribution in [1.82, 2.24) is 10.2 Å². The number of rotatable bonds is 8. The van der Waals surface area contributed by atoms with Gasteiger partial charge in [-0.15, -0.1) is 0 Å². The Balaban J connectivity index is 2.37. The molecule has 0 aromatic rings. The number of carboxylic acids is 1. The van der Waals surface area contributed by atoms with Crippen LogP contribution in [-0.2, 0) is 9.53 Å². The Hall–Kier alpha value is -0.650. The van der Waals surface area contributed by atoms with Gasteiger partial charge in [0.25, 0.3) is 0 Å². The minimum atomic E-state index is -0.829. The molecule has 1 saturated heterocycles. The maximum Gasteiger partial charge on any atom is 0.323 e. The molecule has 1 heterocycles. The van der Waals surface area contributed by atoms with E-state index >= 15 is 0 Å². The first-order chi connectivity index (χ1) is 9.35. The molecule has 5 nitrogen and oxygen atoms in total. The molecular formula is C15H30N2O3. The zero-order chi connectivity index (χ0) is 15.2. The van der Waals surface area contributed by atoms with Gasteiger partial charge in [0.05, 0.1) is 0 Å². The third kappa shape index (κ3) is 5.38. The summed E-state index contributed by atoms with van der Waals surface area (Å²) in [6.07, 6.45) is 3.69. The highest BCUT2D eigenvalue weighted by molar-refractivity contribution is 5.78. The minimum absolute atomic E-state index is 0.171. The predicted molar refractivity (Wildman–Crippen MR) is 80.0 cm³/mol. The van der Waals surface area contributed by atoms with Gasteiger partial charge in [0.1, 0.15) is 5.54 Å². The van der Waals surface area contributed by atoms with Crippen LogP contribution in [0, 0.1) is 0 Å². The fourth-order valence-electron chi connectivity index (χ4n) is 2.87. The minimum Gasteiger partial charge on any atom is -0.480 e. The lowest BCUT2D eigenvalue weighted by atomic mass is 9.94. The Bertz CT molecular complexity index is 303. The molecule has 0 aromatic carbocycles. The van der Waals surface area contributed by atoms with Crippen LogP contribution in [-0.4, -0.2) is 60.4 Å². The van der Waals surface area contributed by atoms with E-state index in [-0.39, 0.29) is 6.04 Å². The van der Waals surface area contributed by atoms with Crippen LogP contribution in [0.25, 0.3) is 0 Å². The molecule has 1 atom stereocenters. The van der Waals surface area contributed by atoms with Crippen LogP contribution >= 0.6 is 0 Å². The second-order valence-corrected chi connectivity index (χ2v) is 6.36. The van der Waals surface area contributed by atoms with E-state index in [9.17, 15) is 9.90 Å². The summed E-state index contributed by atoms with van der Waals surface area (Å²) >= 11 is 0. The van der Waals surface area contributed by atoms with Gasteiger partial charge in [-0.05, 0) is 60.0 Å². The number of ether oxygens (including phenoxy) is 1. The molecule has 5 heteroatoms. The number of nitrogens with zero attached hydrogens (tertiary/aromatic N) is 1. The standard InChI is InChI=1S/C15H30N2O3/c1-12(2)16-15(3,14(18)19)8-5-9-17(4)13-6-10-20-11-7-13/h12-13,16H,5-11H2,1-4H3,(H,18,19). The molecule has 118 valence electrons. The van der Waals surface area contributed by atoms with E-state index in [2.05, 4.69) is 17.3 Å². The molecule has 1 rings (SSSR count). The molecule has 1 unspecified atom stereocenters. The van der Waals surface area contributed by atoms with E-state index in [0.29, 0.717) is 12.5 Å². The van der Waals surface area contributed by atoms with Crippen molar-refractivity contribution in [3.63, 3.8) is 0 Å². The van der Waals surface area contributed by atoms with Gasteiger partial charge in [0, 0.05) is 25.3 Å². The summed E-state index contributed by atoms with van der Waals surface area (Å²) in [6.45, 7) is 8.37. The van der Waals surface area contributed by atoms with Gasteiger partial charge < -0.3 is 14.7 Å². The number of hydrogen-bond donors (Lipinski definition) is 2. The van der Waals surface area contributed by atoms with Crippen molar-refractivity contribution in [3.8, 4) is 0 Å². The second-order valence-electron chi connectivity index (χ2n) is 6.36. The molecule has 0 spiro atoms. The van der Waals surface area contributed by atoms with Crippen LogP contribution in [0.4, 0.5) is 0 Å². The highest BCUT2D eigenvalue weighted by Gasteiger charge is 2.33. The fourth-order valence-corrected chi connectivity index (χ4v) is 2.87. The summed E-state index contributed by atoms with van der Waals surface area (Å²) in [7, 11) is 2.13. The lowest BCUT2D eigenvalue weighted by Gasteiger charge is -2.33. The van der Waals surface area contributed by atoms with E-state index in [1.165, 1.54) is 0 Å². The molecule has 0 aromatic heterocycles. The topological polar surface area (TPSA) is 61.8 Å². The Morgan fingerprint density at radius 2 is 2.05 bits per heavy atom. The van der Waals surface area contributed by atoms with Gasteiger partial charge in [-0.2, -0.15) is 0 Å². The summed E-state index contributed by atoms with van der Waals surface area (Å²) in [4.78, 5) is 13.8. The van der Waals surface area contributed by atoms with Crippen molar-refractivity contribution in [1.29, 1.82) is 0 Å². The smallest absolute Gasteiger partial charge is 0.323 e. The second kappa shape index (κ2) is 7.96. The third-order valence-corrected chi connectivity index (χ3v) is 4.08. The molecule has 1 fully saturated rings. The average molecular weight is 286 g/mol. The zero-order valence-electron chi connectivity index (χ0n) is 13.3. The molecule has 1 aliphatic rings. The van der Waals surface area contributed by atoms with Crippen molar-refractivity contribution < 1.29 is 14.6 Å². The average Bonchev–Trinajstić information content (AvgIpc) is 2.38. The van der Waals surface area contributed by atoms with Gasteiger partial charge in [-0.3, -0.25) is 10.1 Å². The maximum atomic E-state index is 11.4. The van der Waals surface area contributed by atoms with Crippen molar-refractivity contribution in [3.05, 3.63) is 0 Å². The highest BCUT2D eigenvalue weighted by Crippen LogP contribution is 2.17. The monoisotopic (exact) mass is 286 g/mol. The predicted octanol–water partition coefficient (Wildman–Crippen LogP) is 1.72. The summed E-state index contributed by atoms with van der Waals surface area (Å²) < 4.78 is 5.37. The van der Waals surface area contributed by atoms with Crippen LogP contribution in [0.15, 0.2) is 0 Å². The largest absolute Gasteiger partial charge is 0.480 e. The van der Waals surface area contributed by atoms with Gasteiger partial charge in [-0.25, -0.2) is 0 Å². The third-order valence-electron chi connectivity index (χ3n) is 4.08. The van der Waals surface area contributed by atoms with E-state index in [4.69, 9.17) is 4.74 Å². The van der Waals surface area contributed by atoms with E-state index in [1.54, 1.807) is 6.92 Å². The molecule has 0 amide bonds. The van der Waals surface area contributed by atoms with Crippen molar-refractivity contribution >= 4 is 5.97 Å². The fraction of sp³-hybridized carbons (Fsp3) is 0.933. The Labute approximate surface area is 122 Å². The Morgan fingerprint density at radius 1 is 1.45 bits per heavy atom. The highest BCUT2D eigenvalue weighted by atomic mass is 16.5. The lowest BCUT2D eigenvalue weighted by Crippen LogP contribution is -2.52. The van der Waals surface area contributed by atoms with Crippen molar-refractivity contribution in [2.75, 3.05) is 26.8 Å². The van der Waals surface area contributed by atoms with E-state index < -0.39 is 11.5 Å². The lowest BCUT2D eigenvalue weighted by molar-refractivity contribution is -0.144. The number of carboxylic acid groups (broad SMARTS) is 1. The number of carbonyl (C=O) groups is 1.